The zero-order valence-corrected chi connectivity index (χ0v) is 27.5. The first-order valence-corrected chi connectivity index (χ1v) is 16.5. The first-order valence-electron chi connectivity index (χ1n) is 16.5. The highest BCUT2D eigenvalue weighted by Crippen LogP contribution is 2.26. The predicted molar refractivity (Wildman–Crippen MR) is 174 cm³/mol. The second-order valence-electron chi connectivity index (χ2n) is 13.7. The Morgan fingerprint density at radius 2 is 1.76 bits per heavy atom. The van der Waals surface area contributed by atoms with Gasteiger partial charge in [0.15, 0.2) is 0 Å². The van der Waals surface area contributed by atoms with Crippen LogP contribution in [0.2, 0.25) is 0 Å². The van der Waals surface area contributed by atoms with Crippen LogP contribution in [0.15, 0.2) is 36.4 Å². The first-order chi connectivity index (χ1) is 21.9. The molecule has 248 valence electrons. The van der Waals surface area contributed by atoms with Crippen molar-refractivity contribution in [2.24, 2.45) is 17.3 Å². The molecule has 2 aromatic rings. The van der Waals surface area contributed by atoms with E-state index in [9.17, 15) is 19.2 Å². The normalized spacial score (nSPS) is 27.7. The molecule has 3 aliphatic heterocycles. The number of esters is 1. The Bertz CT molecular complexity index is 1480. The average molecular weight is 634 g/mol. The van der Waals surface area contributed by atoms with Crippen molar-refractivity contribution in [2.45, 2.75) is 91.0 Å². The SMILES string of the molecule is CC(C)[C@@H]1NC(=O)C(C)(C)/C=C/c2ccc3ccc(nc3c2)[C@@H](C)OC(=O)[C@@H]2CCCN(N2)C(=O)[C@H](CC2CCOCC2)NC1=O. The van der Waals surface area contributed by atoms with Gasteiger partial charge in [-0.3, -0.25) is 24.2 Å². The number of ether oxygens (including phenoxy) is 2. The quantitative estimate of drug-likeness (QED) is 0.434. The summed E-state index contributed by atoms with van der Waals surface area (Å²) in [6.07, 6.45) is 6.16. The molecule has 3 amide bonds. The average Bonchev–Trinajstić information content (AvgIpc) is 3.05. The summed E-state index contributed by atoms with van der Waals surface area (Å²) in [6, 6.07) is 7.19. The van der Waals surface area contributed by atoms with E-state index in [0.717, 1.165) is 29.3 Å². The number of carbonyl (C=O) groups is 4. The molecule has 5 bridgehead atoms. The minimum Gasteiger partial charge on any atom is -0.455 e. The lowest BCUT2D eigenvalue weighted by molar-refractivity contribution is -0.157. The van der Waals surface area contributed by atoms with Crippen LogP contribution >= 0.6 is 0 Å². The van der Waals surface area contributed by atoms with E-state index in [0.29, 0.717) is 44.7 Å². The number of aromatic nitrogens is 1. The number of hydrogen-bond acceptors (Lipinski definition) is 8. The summed E-state index contributed by atoms with van der Waals surface area (Å²) < 4.78 is 11.4. The first kappa shape index (κ1) is 33.5. The van der Waals surface area contributed by atoms with Gasteiger partial charge in [0.2, 0.25) is 11.8 Å². The van der Waals surface area contributed by atoms with Crippen molar-refractivity contribution in [3.05, 3.63) is 47.7 Å². The van der Waals surface area contributed by atoms with Gasteiger partial charge >= 0.3 is 5.97 Å². The molecular weight excluding hydrogens is 586 g/mol. The third-order valence-corrected chi connectivity index (χ3v) is 9.22. The number of rotatable bonds is 3. The van der Waals surface area contributed by atoms with Gasteiger partial charge in [0.1, 0.15) is 24.2 Å². The zero-order chi connectivity index (χ0) is 33.0. The molecular formula is C35H47N5O6. The number of carbonyl (C=O) groups excluding carboxylic acids is 4. The Morgan fingerprint density at radius 1 is 1.02 bits per heavy atom. The van der Waals surface area contributed by atoms with Gasteiger partial charge in [-0.05, 0) is 82.4 Å². The summed E-state index contributed by atoms with van der Waals surface area (Å²) in [6.45, 7) is 10.7. The number of pyridine rings is 1. The van der Waals surface area contributed by atoms with Crippen LogP contribution in [0.5, 0.6) is 0 Å². The topological polar surface area (TPSA) is 139 Å². The molecule has 0 unspecified atom stereocenters. The van der Waals surface area contributed by atoms with Gasteiger partial charge in [-0.2, -0.15) is 0 Å². The van der Waals surface area contributed by atoms with E-state index >= 15 is 0 Å². The van der Waals surface area contributed by atoms with Crippen LogP contribution in [0, 0.1) is 17.3 Å². The minimum atomic E-state index is -0.941. The fourth-order valence-corrected chi connectivity index (χ4v) is 6.14. The number of nitrogens with one attached hydrogen (secondary N) is 3. The Balaban J connectivity index is 1.49. The molecule has 11 nitrogen and oxygen atoms in total. The van der Waals surface area contributed by atoms with E-state index in [1.165, 1.54) is 5.01 Å². The van der Waals surface area contributed by atoms with Crippen molar-refractivity contribution in [3.63, 3.8) is 0 Å². The van der Waals surface area contributed by atoms with Crippen LogP contribution in [0.3, 0.4) is 0 Å². The van der Waals surface area contributed by atoms with Gasteiger partial charge in [0.05, 0.1) is 16.6 Å². The lowest BCUT2D eigenvalue weighted by Crippen LogP contribution is -2.62. The van der Waals surface area contributed by atoms with Crippen molar-refractivity contribution in [3.8, 4) is 0 Å². The maximum atomic E-state index is 14.0. The molecule has 4 heterocycles. The van der Waals surface area contributed by atoms with Crippen molar-refractivity contribution in [1.29, 1.82) is 0 Å². The second-order valence-corrected chi connectivity index (χ2v) is 13.7. The predicted octanol–water partition coefficient (Wildman–Crippen LogP) is 3.83. The van der Waals surface area contributed by atoms with Crippen molar-refractivity contribution >= 4 is 40.7 Å². The molecule has 2 saturated heterocycles. The molecule has 0 spiro atoms. The summed E-state index contributed by atoms with van der Waals surface area (Å²) in [5.74, 6) is -1.56. The lowest BCUT2D eigenvalue weighted by Gasteiger charge is -2.37. The fraction of sp³-hybridized carbons (Fsp3) is 0.571. The highest BCUT2D eigenvalue weighted by Gasteiger charge is 2.37. The van der Waals surface area contributed by atoms with Crippen molar-refractivity contribution in [1.82, 2.24) is 26.1 Å². The van der Waals surface area contributed by atoms with Gasteiger partial charge < -0.3 is 20.1 Å². The van der Waals surface area contributed by atoms with Gasteiger partial charge in [-0.15, -0.1) is 0 Å². The zero-order valence-electron chi connectivity index (χ0n) is 27.5. The van der Waals surface area contributed by atoms with Crippen LogP contribution < -0.4 is 16.1 Å². The lowest BCUT2D eigenvalue weighted by atomic mass is 9.89. The number of fused-ring (bicyclic) bond motifs is 4. The molecule has 5 rings (SSSR count). The van der Waals surface area contributed by atoms with Crippen LogP contribution in [-0.2, 0) is 28.7 Å². The third-order valence-electron chi connectivity index (χ3n) is 9.22. The molecule has 3 N–H and O–H groups in total. The molecule has 46 heavy (non-hydrogen) atoms. The van der Waals surface area contributed by atoms with Crippen LogP contribution in [0.1, 0.15) is 84.1 Å². The van der Waals surface area contributed by atoms with E-state index in [4.69, 9.17) is 14.5 Å². The molecule has 2 fully saturated rings. The molecule has 3 aliphatic rings. The maximum Gasteiger partial charge on any atom is 0.325 e. The van der Waals surface area contributed by atoms with E-state index in [1.807, 2.05) is 56.3 Å². The smallest absolute Gasteiger partial charge is 0.325 e. The summed E-state index contributed by atoms with van der Waals surface area (Å²) in [5, 5.41) is 8.32. The summed E-state index contributed by atoms with van der Waals surface area (Å²) in [4.78, 5) is 59.6. The number of hydrogen-bond donors (Lipinski definition) is 3. The number of benzene rings is 1. The highest BCUT2D eigenvalue weighted by atomic mass is 16.5. The third kappa shape index (κ3) is 7.93. The Labute approximate surface area is 270 Å². The minimum absolute atomic E-state index is 0.183. The highest BCUT2D eigenvalue weighted by molar-refractivity contribution is 5.94. The van der Waals surface area contributed by atoms with Gasteiger partial charge in [0.25, 0.3) is 5.91 Å². The number of nitrogens with zero attached hydrogens (tertiary/aromatic N) is 2. The molecule has 1 aromatic heterocycles. The number of cyclic esters (lactones) is 1. The molecule has 0 radical (unpaired) electrons. The number of amides is 3. The van der Waals surface area contributed by atoms with Gasteiger partial charge in [-0.25, -0.2) is 10.4 Å². The largest absolute Gasteiger partial charge is 0.455 e. The fourth-order valence-electron chi connectivity index (χ4n) is 6.14. The molecule has 0 saturated carbocycles. The summed E-state index contributed by atoms with van der Waals surface area (Å²) in [7, 11) is 0. The Morgan fingerprint density at radius 3 is 2.50 bits per heavy atom. The van der Waals surface area contributed by atoms with E-state index < -0.39 is 41.5 Å². The summed E-state index contributed by atoms with van der Waals surface area (Å²) >= 11 is 0. The van der Waals surface area contributed by atoms with E-state index in [1.54, 1.807) is 20.8 Å². The van der Waals surface area contributed by atoms with E-state index in [2.05, 4.69) is 16.1 Å². The second kappa shape index (κ2) is 14.3. The van der Waals surface area contributed by atoms with Crippen LogP contribution in [0.4, 0.5) is 0 Å². The number of hydrazine groups is 1. The molecule has 4 atom stereocenters. The van der Waals surface area contributed by atoms with Crippen molar-refractivity contribution < 1.29 is 28.7 Å². The standard InChI is InChI=1S/C35H47N5O6/c1-21(2)30-31(41)37-29(20-24-13-17-45-18-14-24)32(42)40-16-6-7-27(39-40)33(43)46-22(3)26-11-10-25-9-8-23(19-28(25)36-26)12-15-35(4,5)34(44)38-30/h8-12,15,19,21-22,24,27,29-30,39H,6-7,13-14,16-18,20H2,1-5H3,(H,37,41)(H,38,44)/b15-12+/t22-,27+,29+,30+/m1/s1. The Hall–Kier alpha value is -3.83. The van der Waals surface area contributed by atoms with Crippen molar-refractivity contribution in [2.75, 3.05) is 19.8 Å². The van der Waals surface area contributed by atoms with Crippen LogP contribution in [0.25, 0.3) is 17.0 Å². The summed E-state index contributed by atoms with van der Waals surface area (Å²) in [5.41, 5.74) is 4.34. The molecule has 11 heteroatoms. The molecule has 0 aliphatic carbocycles. The monoisotopic (exact) mass is 633 g/mol. The van der Waals surface area contributed by atoms with E-state index in [-0.39, 0.29) is 23.7 Å². The van der Waals surface area contributed by atoms with Gasteiger partial charge in [0, 0.05) is 25.1 Å². The van der Waals surface area contributed by atoms with Crippen LogP contribution in [-0.4, -0.2) is 71.6 Å². The Kier molecular flexibility index (Phi) is 10.4. The van der Waals surface area contributed by atoms with Gasteiger partial charge in [-0.1, -0.05) is 44.2 Å². The maximum absolute atomic E-state index is 14.0. The molecule has 1 aromatic carbocycles.